The predicted molar refractivity (Wildman–Crippen MR) is 93.5 cm³/mol. The predicted octanol–water partition coefficient (Wildman–Crippen LogP) is 1.52. The summed E-state index contributed by atoms with van der Waals surface area (Å²) in [6.07, 6.45) is 0.00778. The van der Waals surface area contributed by atoms with E-state index in [0.29, 0.717) is 31.0 Å². The van der Waals surface area contributed by atoms with Crippen LogP contribution in [0.5, 0.6) is 0 Å². The molecule has 1 saturated heterocycles. The molecular weight excluding hydrogens is 320 g/mol. The first-order valence-corrected chi connectivity index (χ1v) is 8.58. The molecule has 3 rings (SSSR count). The van der Waals surface area contributed by atoms with Gasteiger partial charge in [0.2, 0.25) is 0 Å². The Morgan fingerprint density at radius 3 is 2.32 bits per heavy atom. The number of ether oxygens (including phenoxy) is 2. The third-order valence-electron chi connectivity index (χ3n) is 4.46. The zero-order chi connectivity index (χ0) is 18.0. The number of nitrogens with zero attached hydrogens (tertiary/aromatic N) is 2. The molecule has 0 aromatic heterocycles. The number of imide groups is 1. The van der Waals surface area contributed by atoms with Crippen molar-refractivity contribution >= 4 is 17.4 Å². The van der Waals surface area contributed by atoms with Crippen molar-refractivity contribution in [3.63, 3.8) is 0 Å². The van der Waals surface area contributed by atoms with E-state index in [1.807, 2.05) is 49.1 Å². The molecule has 1 aromatic carbocycles. The molecule has 2 aliphatic heterocycles. The van der Waals surface area contributed by atoms with Crippen LogP contribution in [0.3, 0.4) is 0 Å². The zero-order valence-corrected chi connectivity index (χ0v) is 14.9. The van der Waals surface area contributed by atoms with Crippen molar-refractivity contribution in [2.24, 2.45) is 0 Å². The smallest absolute Gasteiger partial charge is 0.277 e. The van der Waals surface area contributed by atoms with E-state index in [0.717, 1.165) is 5.56 Å². The highest BCUT2D eigenvalue weighted by Crippen LogP contribution is 2.32. The molecule has 1 aromatic rings. The Bertz CT molecular complexity index is 676. The lowest BCUT2D eigenvalue weighted by molar-refractivity contribution is -0.139. The molecule has 0 bridgehead atoms. The van der Waals surface area contributed by atoms with Crippen LogP contribution in [-0.4, -0.2) is 67.2 Å². The summed E-state index contributed by atoms with van der Waals surface area (Å²) in [6, 6.07) is 9.38. The van der Waals surface area contributed by atoms with Gasteiger partial charge in [0.25, 0.3) is 11.8 Å². The minimum Gasteiger partial charge on any atom is -0.383 e. The molecule has 0 aliphatic carbocycles. The Morgan fingerprint density at radius 2 is 1.72 bits per heavy atom. The minimum absolute atomic E-state index is 0.00389. The van der Waals surface area contributed by atoms with E-state index in [2.05, 4.69) is 0 Å². The van der Waals surface area contributed by atoms with Gasteiger partial charge in [-0.3, -0.25) is 14.5 Å². The highest BCUT2D eigenvalue weighted by Gasteiger charge is 2.42. The molecule has 1 fully saturated rings. The normalized spacial score (nSPS) is 24.4. The van der Waals surface area contributed by atoms with E-state index >= 15 is 0 Å². The summed E-state index contributed by atoms with van der Waals surface area (Å²) in [7, 11) is 1.56. The number of benzene rings is 1. The van der Waals surface area contributed by atoms with Crippen molar-refractivity contribution in [1.82, 2.24) is 9.80 Å². The summed E-state index contributed by atoms with van der Waals surface area (Å²) >= 11 is 0. The maximum absolute atomic E-state index is 13.0. The maximum Gasteiger partial charge on any atom is 0.277 e. The molecule has 2 heterocycles. The molecule has 2 unspecified atom stereocenters. The lowest BCUT2D eigenvalue weighted by Gasteiger charge is -2.37. The number of hydrogen-bond donors (Lipinski definition) is 0. The Balaban J connectivity index is 2.02. The minimum atomic E-state index is -0.255. The van der Waals surface area contributed by atoms with Gasteiger partial charge >= 0.3 is 0 Å². The van der Waals surface area contributed by atoms with Gasteiger partial charge in [-0.1, -0.05) is 30.3 Å². The maximum atomic E-state index is 13.0. The Hall–Kier alpha value is -2.18. The van der Waals surface area contributed by atoms with Gasteiger partial charge in [0, 0.05) is 20.2 Å². The van der Waals surface area contributed by atoms with Gasteiger partial charge < -0.3 is 14.4 Å². The van der Waals surface area contributed by atoms with Crippen molar-refractivity contribution < 1.29 is 19.1 Å². The summed E-state index contributed by atoms with van der Waals surface area (Å²) in [6.45, 7) is 5.72. The third-order valence-corrected chi connectivity index (χ3v) is 4.46. The molecule has 0 saturated carbocycles. The standard InChI is InChI=1S/C19H24N2O4/c1-13-11-20(12-14(2)25-13)17-16(15-7-5-4-6-8-15)18(22)21(19(17)23)9-10-24-3/h4-8,13-14H,9-12H2,1-3H3. The summed E-state index contributed by atoms with van der Waals surface area (Å²) in [5, 5.41) is 0. The van der Waals surface area contributed by atoms with E-state index in [4.69, 9.17) is 9.47 Å². The van der Waals surface area contributed by atoms with Crippen LogP contribution in [0, 0.1) is 0 Å². The quantitative estimate of drug-likeness (QED) is 0.758. The molecule has 6 heteroatoms. The molecule has 2 aliphatic rings. The molecule has 0 radical (unpaired) electrons. The number of amides is 2. The monoisotopic (exact) mass is 344 g/mol. The molecule has 25 heavy (non-hydrogen) atoms. The SMILES string of the molecule is COCCN1C(=O)C(c2ccccc2)=C(N2CC(C)OC(C)C2)C1=O. The number of morpholine rings is 1. The number of methoxy groups -OCH3 is 1. The number of rotatable bonds is 5. The number of carbonyl (C=O) groups excluding carboxylic acids is 2. The van der Waals surface area contributed by atoms with Gasteiger partial charge in [-0.25, -0.2) is 0 Å². The van der Waals surface area contributed by atoms with Gasteiger partial charge in [0.1, 0.15) is 5.70 Å². The van der Waals surface area contributed by atoms with Crippen LogP contribution in [0.1, 0.15) is 19.4 Å². The summed E-state index contributed by atoms with van der Waals surface area (Å²) in [5.74, 6) is -0.503. The molecule has 2 atom stereocenters. The van der Waals surface area contributed by atoms with Crippen LogP contribution >= 0.6 is 0 Å². The van der Waals surface area contributed by atoms with Crippen molar-refractivity contribution in [3.8, 4) is 0 Å². The van der Waals surface area contributed by atoms with Crippen LogP contribution in [-0.2, 0) is 19.1 Å². The van der Waals surface area contributed by atoms with Crippen LogP contribution in [0.15, 0.2) is 36.0 Å². The molecular formula is C19H24N2O4. The Kier molecular flexibility index (Phi) is 5.20. The zero-order valence-electron chi connectivity index (χ0n) is 14.9. The summed E-state index contributed by atoms with van der Waals surface area (Å²) in [4.78, 5) is 29.3. The van der Waals surface area contributed by atoms with Gasteiger partial charge in [-0.2, -0.15) is 0 Å². The van der Waals surface area contributed by atoms with E-state index < -0.39 is 0 Å². The first-order valence-electron chi connectivity index (χ1n) is 8.58. The van der Waals surface area contributed by atoms with Crippen LogP contribution < -0.4 is 0 Å². The average Bonchev–Trinajstić information content (AvgIpc) is 2.83. The van der Waals surface area contributed by atoms with Crippen LogP contribution in [0.2, 0.25) is 0 Å². The van der Waals surface area contributed by atoms with Gasteiger partial charge in [0.05, 0.1) is 30.9 Å². The van der Waals surface area contributed by atoms with Crippen molar-refractivity contribution in [2.75, 3.05) is 33.4 Å². The van der Waals surface area contributed by atoms with Gasteiger partial charge in [-0.15, -0.1) is 0 Å². The molecule has 0 spiro atoms. The fourth-order valence-corrected chi connectivity index (χ4v) is 3.47. The van der Waals surface area contributed by atoms with Crippen molar-refractivity contribution in [1.29, 1.82) is 0 Å². The van der Waals surface area contributed by atoms with Gasteiger partial charge in [-0.05, 0) is 19.4 Å². The highest BCUT2D eigenvalue weighted by molar-refractivity contribution is 6.35. The average molecular weight is 344 g/mol. The first kappa shape index (κ1) is 17.6. The van der Waals surface area contributed by atoms with Crippen molar-refractivity contribution in [3.05, 3.63) is 41.6 Å². The second kappa shape index (κ2) is 7.37. The fourth-order valence-electron chi connectivity index (χ4n) is 3.47. The summed E-state index contributed by atoms with van der Waals surface area (Å²) in [5.41, 5.74) is 1.72. The molecule has 0 N–H and O–H groups in total. The van der Waals surface area contributed by atoms with Gasteiger partial charge in [0.15, 0.2) is 0 Å². The molecule has 2 amide bonds. The second-order valence-electron chi connectivity index (χ2n) is 6.51. The first-order chi connectivity index (χ1) is 12.0. The van der Waals surface area contributed by atoms with E-state index in [-0.39, 0.29) is 30.6 Å². The second-order valence-corrected chi connectivity index (χ2v) is 6.51. The lowest BCUT2D eigenvalue weighted by Crippen LogP contribution is -2.47. The van der Waals surface area contributed by atoms with Crippen LogP contribution in [0.4, 0.5) is 0 Å². The summed E-state index contributed by atoms with van der Waals surface area (Å²) < 4.78 is 10.8. The Labute approximate surface area is 148 Å². The lowest BCUT2D eigenvalue weighted by atomic mass is 10.0. The molecule has 134 valence electrons. The van der Waals surface area contributed by atoms with Crippen LogP contribution in [0.25, 0.3) is 5.57 Å². The van der Waals surface area contributed by atoms with E-state index in [1.54, 1.807) is 7.11 Å². The van der Waals surface area contributed by atoms with Crippen molar-refractivity contribution in [2.45, 2.75) is 26.1 Å². The third kappa shape index (κ3) is 3.45. The highest BCUT2D eigenvalue weighted by atomic mass is 16.5. The largest absolute Gasteiger partial charge is 0.383 e. The fraction of sp³-hybridized carbons (Fsp3) is 0.474. The topological polar surface area (TPSA) is 59.1 Å². The Morgan fingerprint density at radius 1 is 1.08 bits per heavy atom. The van der Waals surface area contributed by atoms with E-state index in [9.17, 15) is 9.59 Å². The number of hydrogen-bond acceptors (Lipinski definition) is 5. The molecule has 6 nitrogen and oxygen atoms in total. The number of carbonyl (C=O) groups is 2. The van der Waals surface area contributed by atoms with E-state index in [1.165, 1.54) is 4.90 Å².